The molecule has 0 spiro atoms. The van der Waals surface area contributed by atoms with Crippen molar-refractivity contribution < 1.29 is 24.3 Å². The van der Waals surface area contributed by atoms with E-state index in [1.165, 1.54) is 6.42 Å². The van der Waals surface area contributed by atoms with Crippen molar-refractivity contribution in [3.63, 3.8) is 0 Å². The smallest absolute Gasteiger partial charge is 0.315 e. The van der Waals surface area contributed by atoms with Gasteiger partial charge in [0.15, 0.2) is 0 Å². The molecule has 7 atom stereocenters. The van der Waals surface area contributed by atoms with Gasteiger partial charge in [0.1, 0.15) is 6.23 Å². The summed E-state index contributed by atoms with van der Waals surface area (Å²) in [4.78, 5) is 54.3. The van der Waals surface area contributed by atoms with Gasteiger partial charge in [-0.1, -0.05) is 86.5 Å². The number of hydrogen-bond donors (Lipinski definition) is 5. The number of likely N-dealkylation sites (tertiary alicyclic amines) is 1. The molecule has 0 radical (unpaired) electrons. The second-order valence-corrected chi connectivity index (χ2v) is 15.5. The van der Waals surface area contributed by atoms with E-state index in [2.05, 4.69) is 36.7 Å². The first-order valence-electron chi connectivity index (χ1n) is 17.4. The first-order valence-corrected chi connectivity index (χ1v) is 17.4. The van der Waals surface area contributed by atoms with Crippen LogP contribution in [0.3, 0.4) is 0 Å². The van der Waals surface area contributed by atoms with E-state index in [4.69, 9.17) is 5.73 Å². The van der Waals surface area contributed by atoms with Crippen molar-refractivity contribution in [2.75, 3.05) is 6.54 Å². The van der Waals surface area contributed by atoms with Crippen LogP contribution in [-0.4, -0.2) is 70.1 Å². The number of rotatable bonds is 14. The Morgan fingerprint density at radius 3 is 2.18 bits per heavy atom. The number of carbonyl (C=O) groups excluding carboxylic acids is 4. The minimum absolute atomic E-state index is 0.00690. The maximum Gasteiger partial charge on any atom is 0.315 e. The third-order valence-corrected chi connectivity index (χ3v) is 12.6. The van der Waals surface area contributed by atoms with Crippen LogP contribution in [0.1, 0.15) is 125 Å². The molecular formula is C34H59N5O5. The average Bonchev–Trinajstić information content (AvgIpc) is 3.30. The van der Waals surface area contributed by atoms with Crippen molar-refractivity contribution >= 4 is 23.6 Å². The Hall–Kier alpha value is -2.20. The lowest BCUT2D eigenvalue weighted by Crippen LogP contribution is -2.64. The number of aliphatic hydroxyl groups is 1. The number of ketones is 1. The Bertz CT molecular complexity index is 1070. The fourth-order valence-electron chi connectivity index (χ4n) is 8.51. The van der Waals surface area contributed by atoms with E-state index >= 15 is 0 Å². The third kappa shape index (κ3) is 6.96. The second kappa shape index (κ2) is 13.7. The van der Waals surface area contributed by atoms with Gasteiger partial charge in [-0.05, 0) is 67.1 Å². The Morgan fingerprint density at radius 1 is 1.00 bits per heavy atom. The molecular weight excluding hydrogens is 558 g/mol. The molecule has 0 bridgehead atoms. The summed E-state index contributed by atoms with van der Waals surface area (Å²) in [5.41, 5.74) is 4.71. The van der Waals surface area contributed by atoms with Crippen LogP contribution in [0.25, 0.3) is 0 Å². The molecule has 1 saturated heterocycles. The van der Waals surface area contributed by atoms with Crippen molar-refractivity contribution in [2.24, 2.45) is 34.3 Å². The summed E-state index contributed by atoms with van der Waals surface area (Å²) < 4.78 is 0. The Morgan fingerprint density at radius 2 is 1.66 bits per heavy atom. The lowest BCUT2D eigenvalue weighted by molar-refractivity contribution is -0.142. The molecule has 4 rings (SSSR count). The quantitative estimate of drug-likeness (QED) is 0.186. The van der Waals surface area contributed by atoms with Crippen LogP contribution < -0.4 is 21.7 Å². The normalized spacial score (nSPS) is 30.6. The fourth-order valence-corrected chi connectivity index (χ4v) is 8.51. The van der Waals surface area contributed by atoms with E-state index in [1.54, 1.807) is 0 Å². The number of nitrogens with zero attached hydrogens (tertiary/aromatic N) is 1. The summed E-state index contributed by atoms with van der Waals surface area (Å²) in [5.74, 6) is -1.68. The van der Waals surface area contributed by atoms with E-state index in [-0.39, 0.29) is 40.6 Å². The topological polar surface area (TPSA) is 154 Å². The van der Waals surface area contributed by atoms with Crippen LogP contribution >= 0.6 is 0 Å². The zero-order valence-corrected chi connectivity index (χ0v) is 28.0. The number of nitrogens with two attached hydrogens (primary N) is 1. The Kier molecular flexibility index (Phi) is 10.8. The summed E-state index contributed by atoms with van der Waals surface area (Å²) in [6, 6.07) is -2.58. The lowest BCUT2D eigenvalue weighted by Gasteiger charge is -2.51. The molecule has 3 saturated carbocycles. The molecule has 3 aliphatic carbocycles. The van der Waals surface area contributed by atoms with Crippen molar-refractivity contribution in [3.8, 4) is 0 Å². The predicted octanol–water partition coefficient (Wildman–Crippen LogP) is 3.99. The number of hydrogen-bond acceptors (Lipinski definition) is 6. The summed E-state index contributed by atoms with van der Waals surface area (Å²) >= 11 is 0. The SMILES string of the molecule is CCC1(NC(=O)N[C@H](C(O)N2C[C@H]3C(CC3(C)CC)[C@H]2C(=O)NC(CC2CCC2)C(=O)C(N)=O)C(C)(C)CC)CCCCC1. The van der Waals surface area contributed by atoms with Crippen LogP contribution in [0, 0.1) is 28.6 Å². The summed E-state index contributed by atoms with van der Waals surface area (Å²) in [5, 5.41) is 21.5. The van der Waals surface area contributed by atoms with Crippen LogP contribution in [0.4, 0.5) is 4.79 Å². The van der Waals surface area contributed by atoms with Crippen molar-refractivity contribution in [2.45, 2.75) is 155 Å². The lowest BCUT2D eigenvalue weighted by atomic mass is 9.53. The van der Waals surface area contributed by atoms with Gasteiger partial charge in [0, 0.05) is 12.1 Å². The standard InChI is InChI=1S/C34H59N5O5/c1-7-32(4,5)27(37-31(44)38-34(9-3)16-11-10-12-17-34)30(43)39-20-23-22(19-33(23,6)8-2)25(39)29(42)36-24(26(40)28(35)41)18-21-14-13-15-21/h21-25,27,30,43H,7-20H2,1-6H3,(H2,35,41)(H,36,42)(H2,37,38,44)/t22?,23-,24?,25-,27+,30?,33?/m0/s1. The first-order chi connectivity index (χ1) is 20.7. The van der Waals surface area contributed by atoms with Gasteiger partial charge in [-0.25, -0.2) is 4.79 Å². The monoisotopic (exact) mass is 617 g/mol. The molecule has 44 heavy (non-hydrogen) atoms. The average molecular weight is 618 g/mol. The van der Waals surface area contributed by atoms with E-state index in [1.807, 2.05) is 25.7 Å². The number of nitrogens with one attached hydrogen (secondary N) is 3. The maximum absolute atomic E-state index is 14.1. The Balaban J connectivity index is 1.59. The van der Waals surface area contributed by atoms with Crippen LogP contribution in [-0.2, 0) is 14.4 Å². The van der Waals surface area contributed by atoms with Gasteiger partial charge >= 0.3 is 6.03 Å². The minimum atomic E-state index is -1.13. The van der Waals surface area contributed by atoms with Gasteiger partial charge in [-0.2, -0.15) is 0 Å². The summed E-state index contributed by atoms with van der Waals surface area (Å²) in [6.45, 7) is 13.1. The largest absolute Gasteiger partial charge is 0.376 e. The Labute approximate surface area is 264 Å². The molecule has 4 aliphatic rings. The summed E-state index contributed by atoms with van der Waals surface area (Å²) in [7, 11) is 0. The number of urea groups is 1. The molecule has 4 amide bonds. The van der Waals surface area contributed by atoms with Crippen LogP contribution in [0.5, 0.6) is 0 Å². The molecule has 10 heteroatoms. The van der Waals surface area contributed by atoms with Gasteiger partial charge in [-0.15, -0.1) is 0 Å². The van der Waals surface area contributed by atoms with E-state index in [9.17, 15) is 24.3 Å². The molecule has 4 unspecified atom stereocenters. The molecule has 0 aromatic carbocycles. The third-order valence-electron chi connectivity index (χ3n) is 12.6. The molecule has 0 aromatic heterocycles. The highest BCUT2D eigenvalue weighted by atomic mass is 16.3. The number of amides is 4. The first kappa shape index (κ1) is 34.7. The second-order valence-electron chi connectivity index (χ2n) is 15.5. The molecule has 1 heterocycles. The van der Waals surface area contributed by atoms with Gasteiger partial charge in [0.25, 0.3) is 5.91 Å². The zero-order valence-electron chi connectivity index (χ0n) is 28.0. The molecule has 4 fully saturated rings. The highest BCUT2D eigenvalue weighted by molar-refractivity contribution is 6.37. The molecule has 6 N–H and O–H groups in total. The molecule has 1 aliphatic heterocycles. The molecule has 250 valence electrons. The zero-order chi connectivity index (χ0) is 32.4. The number of primary amides is 1. The molecule has 0 aromatic rings. The highest BCUT2D eigenvalue weighted by Crippen LogP contribution is 2.59. The predicted molar refractivity (Wildman–Crippen MR) is 170 cm³/mol. The fraction of sp³-hybridized carbons (Fsp3) is 0.882. The van der Waals surface area contributed by atoms with E-state index in [0.29, 0.717) is 19.4 Å². The number of carbonyl (C=O) groups is 4. The maximum atomic E-state index is 14.1. The van der Waals surface area contributed by atoms with Gasteiger partial charge in [-0.3, -0.25) is 19.3 Å². The van der Waals surface area contributed by atoms with Crippen LogP contribution in [0.2, 0.25) is 0 Å². The van der Waals surface area contributed by atoms with Crippen LogP contribution in [0.15, 0.2) is 0 Å². The van der Waals surface area contributed by atoms with Gasteiger partial charge < -0.3 is 26.8 Å². The van der Waals surface area contributed by atoms with Gasteiger partial charge in [0.05, 0.1) is 18.1 Å². The van der Waals surface area contributed by atoms with Crippen molar-refractivity contribution in [1.82, 2.24) is 20.9 Å². The van der Waals surface area contributed by atoms with Crippen molar-refractivity contribution in [3.05, 3.63) is 0 Å². The number of fused-ring (bicyclic) bond motifs is 1. The van der Waals surface area contributed by atoms with Gasteiger partial charge in [0.2, 0.25) is 11.7 Å². The minimum Gasteiger partial charge on any atom is -0.376 e. The summed E-state index contributed by atoms with van der Waals surface area (Å²) in [6.07, 6.45) is 10.9. The number of aliphatic hydroxyl groups excluding tert-OH is 1. The number of Topliss-reactive ketones (excluding diaryl/α,β-unsaturated/α-hetero) is 1. The van der Waals surface area contributed by atoms with E-state index in [0.717, 1.165) is 64.2 Å². The highest BCUT2D eigenvalue weighted by Gasteiger charge is 2.62. The van der Waals surface area contributed by atoms with Crippen molar-refractivity contribution in [1.29, 1.82) is 0 Å². The van der Waals surface area contributed by atoms with E-state index < -0.39 is 41.5 Å². The molecule has 10 nitrogen and oxygen atoms in total.